The maximum Gasteiger partial charge on any atom is 0.282 e. The molecule has 18 heavy (non-hydrogen) atoms. The van der Waals surface area contributed by atoms with Crippen LogP contribution in [0.5, 0.6) is 0 Å². The fraction of sp³-hybridized carbons (Fsp3) is 0.364. The lowest BCUT2D eigenvalue weighted by molar-refractivity contribution is -0.165. The summed E-state index contributed by atoms with van der Waals surface area (Å²) >= 11 is 2.81. The van der Waals surface area contributed by atoms with Gasteiger partial charge in [0.2, 0.25) is 5.91 Å². The fourth-order valence-electron chi connectivity index (χ4n) is 1.66. The van der Waals surface area contributed by atoms with Crippen LogP contribution < -0.4 is 0 Å². The molecule has 1 aromatic carbocycles. The Bertz CT molecular complexity index is 498. The van der Waals surface area contributed by atoms with Gasteiger partial charge in [0.05, 0.1) is 24.0 Å². The molecule has 2 rings (SSSR count). The number of carbonyl (C=O) groups excluding carboxylic acids is 1. The topological polar surface area (TPSA) is 20.3 Å². The van der Waals surface area contributed by atoms with E-state index in [4.69, 9.17) is 0 Å². The molecule has 0 spiro atoms. The summed E-state index contributed by atoms with van der Waals surface area (Å²) < 4.78 is 51.6. The average Bonchev–Trinajstić information content (AvgIpc) is 2.22. The largest absolute Gasteiger partial charge is 0.330 e. The second-order valence-corrected chi connectivity index (χ2v) is 4.99. The first-order chi connectivity index (χ1) is 8.28. The predicted molar refractivity (Wildman–Crippen MR) is 59.3 cm³/mol. The van der Waals surface area contributed by atoms with Gasteiger partial charge >= 0.3 is 0 Å². The average molecular weight is 326 g/mol. The van der Waals surface area contributed by atoms with Gasteiger partial charge in [-0.3, -0.25) is 4.79 Å². The van der Waals surface area contributed by atoms with Gasteiger partial charge in [-0.2, -0.15) is 0 Å². The van der Waals surface area contributed by atoms with Gasteiger partial charge < -0.3 is 4.90 Å². The number of alkyl halides is 2. The molecule has 0 aromatic heterocycles. The monoisotopic (exact) mass is 325 g/mol. The van der Waals surface area contributed by atoms with E-state index in [1.807, 2.05) is 0 Å². The molecule has 0 atom stereocenters. The van der Waals surface area contributed by atoms with Crippen molar-refractivity contribution in [1.29, 1.82) is 0 Å². The van der Waals surface area contributed by atoms with E-state index in [1.165, 1.54) is 0 Å². The molecular formula is C11H8BrF4NO. The van der Waals surface area contributed by atoms with E-state index in [9.17, 15) is 22.4 Å². The quantitative estimate of drug-likeness (QED) is 0.605. The Morgan fingerprint density at radius 2 is 1.89 bits per heavy atom. The number of benzene rings is 1. The summed E-state index contributed by atoms with van der Waals surface area (Å²) in [5.41, 5.74) is -0.143. The minimum Gasteiger partial charge on any atom is -0.330 e. The molecule has 0 N–H and O–H groups in total. The Kier molecular flexibility index (Phi) is 3.35. The van der Waals surface area contributed by atoms with Crippen LogP contribution >= 0.6 is 15.9 Å². The van der Waals surface area contributed by atoms with E-state index in [-0.39, 0.29) is 10.0 Å². The molecule has 1 aliphatic rings. The highest BCUT2D eigenvalue weighted by atomic mass is 79.9. The van der Waals surface area contributed by atoms with E-state index in [0.717, 1.165) is 17.0 Å². The normalized spacial score (nSPS) is 17.5. The molecule has 1 amide bonds. The molecule has 1 fully saturated rings. The number of carbonyl (C=O) groups is 1. The van der Waals surface area contributed by atoms with Crippen molar-refractivity contribution in [2.24, 2.45) is 0 Å². The van der Waals surface area contributed by atoms with E-state index in [2.05, 4.69) is 15.9 Å². The number of amides is 1. The van der Waals surface area contributed by atoms with E-state index in [0.29, 0.717) is 0 Å². The zero-order valence-electron chi connectivity index (χ0n) is 9.02. The third-order valence-electron chi connectivity index (χ3n) is 2.63. The molecule has 1 aliphatic heterocycles. The SMILES string of the molecule is O=C(Cc1cc(F)c(Br)cc1F)N1CC(F)(F)C1. The summed E-state index contributed by atoms with van der Waals surface area (Å²) in [5.74, 6) is -4.95. The van der Waals surface area contributed by atoms with Crippen LogP contribution in [0.25, 0.3) is 0 Å². The second-order valence-electron chi connectivity index (χ2n) is 4.14. The molecule has 0 radical (unpaired) electrons. The minimum atomic E-state index is -2.86. The maximum absolute atomic E-state index is 13.4. The maximum atomic E-state index is 13.4. The third kappa shape index (κ3) is 2.66. The summed E-state index contributed by atoms with van der Waals surface area (Å²) in [6, 6.07) is 1.79. The number of hydrogen-bond donors (Lipinski definition) is 0. The first-order valence-corrected chi connectivity index (χ1v) is 5.87. The second kappa shape index (κ2) is 4.53. The Hall–Kier alpha value is -1.11. The summed E-state index contributed by atoms with van der Waals surface area (Å²) in [7, 11) is 0. The number of likely N-dealkylation sites (tertiary alicyclic amines) is 1. The fourth-order valence-corrected chi connectivity index (χ4v) is 1.98. The summed E-state index contributed by atoms with van der Waals surface area (Å²) in [4.78, 5) is 12.4. The molecule has 0 saturated carbocycles. The zero-order valence-corrected chi connectivity index (χ0v) is 10.6. The van der Waals surface area contributed by atoms with Gasteiger partial charge in [0, 0.05) is 5.56 Å². The molecule has 1 aromatic rings. The van der Waals surface area contributed by atoms with Crippen molar-refractivity contribution in [3.05, 3.63) is 33.8 Å². The standard InChI is InChI=1S/C11H8BrF4NO/c12-7-3-8(13)6(1-9(7)14)2-10(18)17-4-11(15,16)5-17/h1,3H,2,4-5H2. The number of halogens is 5. The highest BCUT2D eigenvalue weighted by Gasteiger charge is 2.46. The Morgan fingerprint density at radius 1 is 1.28 bits per heavy atom. The van der Waals surface area contributed by atoms with Gasteiger partial charge in [-0.25, -0.2) is 17.6 Å². The molecule has 7 heteroatoms. The van der Waals surface area contributed by atoms with Gasteiger partial charge in [-0.15, -0.1) is 0 Å². The lowest BCUT2D eigenvalue weighted by atomic mass is 10.1. The molecule has 0 bridgehead atoms. The van der Waals surface area contributed by atoms with Crippen LogP contribution in [-0.2, 0) is 11.2 Å². The highest BCUT2D eigenvalue weighted by Crippen LogP contribution is 2.28. The van der Waals surface area contributed by atoms with Crippen molar-refractivity contribution in [3.63, 3.8) is 0 Å². The van der Waals surface area contributed by atoms with Gasteiger partial charge in [0.25, 0.3) is 5.92 Å². The smallest absolute Gasteiger partial charge is 0.282 e. The lowest BCUT2D eigenvalue weighted by Gasteiger charge is -2.38. The predicted octanol–water partition coefficient (Wildman–Crippen LogP) is 2.75. The van der Waals surface area contributed by atoms with Crippen LogP contribution in [0, 0.1) is 11.6 Å². The van der Waals surface area contributed by atoms with Crippen LogP contribution in [0.4, 0.5) is 17.6 Å². The van der Waals surface area contributed by atoms with Crippen LogP contribution in [0.3, 0.4) is 0 Å². The first kappa shape index (κ1) is 13.3. The van der Waals surface area contributed by atoms with Gasteiger partial charge in [0.15, 0.2) is 0 Å². The van der Waals surface area contributed by atoms with E-state index < -0.39 is 43.0 Å². The lowest BCUT2D eigenvalue weighted by Crippen LogP contribution is -2.58. The van der Waals surface area contributed by atoms with Crippen LogP contribution in [-0.4, -0.2) is 29.8 Å². The molecule has 0 unspecified atom stereocenters. The van der Waals surface area contributed by atoms with Crippen molar-refractivity contribution in [1.82, 2.24) is 4.90 Å². The Morgan fingerprint density at radius 3 is 2.44 bits per heavy atom. The third-order valence-corrected chi connectivity index (χ3v) is 3.24. The molecule has 98 valence electrons. The van der Waals surface area contributed by atoms with E-state index in [1.54, 1.807) is 0 Å². The van der Waals surface area contributed by atoms with Crippen molar-refractivity contribution in [2.45, 2.75) is 12.3 Å². The molecular weight excluding hydrogens is 318 g/mol. The zero-order chi connectivity index (χ0) is 13.5. The van der Waals surface area contributed by atoms with Crippen LogP contribution in [0.15, 0.2) is 16.6 Å². The van der Waals surface area contributed by atoms with Crippen molar-refractivity contribution in [2.75, 3.05) is 13.1 Å². The van der Waals surface area contributed by atoms with Gasteiger partial charge in [-0.05, 0) is 28.1 Å². The van der Waals surface area contributed by atoms with Crippen molar-refractivity contribution < 1.29 is 22.4 Å². The molecule has 2 nitrogen and oxygen atoms in total. The summed E-state index contributed by atoms with van der Waals surface area (Å²) in [5, 5.41) is 0. The Labute approximate surface area is 109 Å². The van der Waals surface area contributed by atoms with Crippen LogP contribution in [0.2, 0.25) is 0 Å². The van der Waals surface area contributed by atoms with E-state index >= 15 is 0 Å². The summed E-state index contributed by atoms with van der Waals surface area (Å²) in [6.45, 7) is -1.32. The van der Waals surface area contributed by atoms with Gasteiger partial charge in [-0.1, -0.05) is 0 Å². The summed E-state index contributed by atoms with van der Waals surface area (Å²) in [6.07, 6.45) is -0.424. The number of hydrogen-bond acceptors (Lipinski definition) is 1. The Balaban J connectivity index is 2.06. The highest BCUT2D eigenvalue weighted by molar-refractivity contribution is 9.10. The first-order valence-electron chi connectivity index (χ1n) is 5.07. The number of rotatable bonds is 2. The minimum absolute atomic E-state index is 0.0494. The van der Waals surface area contributed by atoms with Crippen molar-refractivity contribution in [3.8, 4) is 0 Å². The molecule has 1 heterocycles. The van der Waals surface area contributed by atoms with Crippen molar-refractivity contribution >= 4 is 21.8 Å². The molecule has 1 saturated heterocycles. The molecule has 0 aliphatic carbocycles. The van der Waals surface area contributed by atoms with Crippen LogP contribution in [0.1, 0.15) is 5.56 Å². The number of nitrogens with zero attached hydrogens (tertiary/aromatic N) is 1. The van der Waals surface area contributed by atoms with Gasteiger partial charge in [0.1, 0.15) is 11.6 Å².